The van der Waals surface area contributed by atoms with E-state index in [2.05, 4.69) is 0 Å². The van der Waals surface area contributed by atoms with E-state index in [1.165, 1.54) is 7.11 Å². The summed E-state index contributed by atoms with van der Waals surface area (Å²) < 4.78 is 27.5. The first-order chi connectivity index (χ1) is 14.5. The van der Waals surface area contributed by atoms with Crippen molar-refractivity contribution < 1.29 is 33.3 Å². The number of carbonyl (C=O) groups is 2. The molecule has 7 heteroatoms. The minimum atomic E-state index is -0.464. The second-order valence-corrected chi connectivity index (χ2v) is 6.85. The van der Waals surface area contributed by atoms with Crippen LogP contribution in [0.3, 0.4) is 0 Å². The first kappa shape index (κ1) is 21.5. The smallest absolute Gasteiger partial charge is 0.344 e. The number of ether oxygens (including phenoxy) is 5. The average molecular weight is 414 g/mol. The van der Waals surface area contributed by atoms with Gasteiger partial charge in [-0.2, -0.15) is 0 Å². The standard InChI is InChI=1S/C23H26O7/c1-5-14(3)30-20(24)13-28-21-17(9-10-19(26-4)22(21)27-6-2)15-7-8-18-16(11-15)12-29-23(18)25/h7-11,14H,5-6,12-13H2,1-4H3. The Morgan fingerprint density at radius 3 is 2.57 bits per heavy atom. The van der Waals surface area contributed by atoms with Crippen molar-refractivity contribution in [2.45, 2.75) is 39.9 Å². The topological polar surface area (TPSA) is 80.3 Å². The normalized spacial score (nSPS) is 13.3. The molecule has 1 aliphatic rings. The van der Waals surface area contributed by atoms with Crippen LogP contribution < -0.4 is 14.2 Å². The molecule has 30 heavy (non-hydrogen) atoms. The lowest BCUT2D eigenvalue weighted by Gasteiger charge is -2.19. The molecular weight excluding hydrogens is 388 g/mol. The van der Waals surface area contributed by atoms with E-state index >= 15 is 0 Å². The van der Waals surface area contributed by atoms with Gasteiger partial charge in [0, 0.05) is 11.1 Å². The highest BCUT2D eigenvalue weighted by atomic mass is 16.6. The van der Waals surface area contributed by atoms with Gasteiger partial charge in [0.25, 0.3) is 0 Å². The highest BCUT2D eigenvalue weighted by molar-refractivity contribution is 5.94. The Morgan fingerprint density at radius 1 is 1.10 bits per heavy atom. The maximum absolute atomic E-state index is 12.2. The van der Waals surface area contributed by atoms with Gasteiger partial charge in [0.2, 0.25) is 5.75 Å². The van der Waals surface area contributed by atoms with Gasteiger partial charge in [0.05, 0.1) is 25.4 Å². The predicted molar refractivity (Wildman–Crippen MR) is 110 cm³/mol. The van der Waals surface area contributed by atoms with Crippen LogP contribution in [0.1, 0.15) is 43.1 Å². The molecule has 0 N–H and O–H groups in total. The average Bonchev–Trinajstić information content (AvgIpc) is 3.12. The number of methoxy groups -OCH3 is 1. The van der Waals surface area contributed by atoms with Gasteiger partial charge in [-0.15, -0.1) is 0 Å². The minimum Gasteiger partial charge on any atom is -0.493 e. The van der Waals surface area contributed by atoms with Crippen molar-refractivity contribution in [3.63, 3.8) is 0 Å². The summed E-state index contributed by atoms with van der Waals surface area (Å²) >= 11 is 0. The first-order valence-corrected chi connectivity index (χ1v) is 9.94. The molecule has 0 amide bonds. The third kappa shape index (κ3) is 4.50. The van der Waals surface area contributed by atoms with Crippen molar-refractivity contribution in [3.05, 3.63) is 41.5 Å². The Morgan fingerprint density at radius 2 is 1.87 bits per heavy atom. The lowest BCUT2D eigenvalue weighted by molar-refractivity contribution is -0.150. The molecule has 1 unspecified atom stereocenters. The molecule has 0 spiro atoms. The summed E-state index contributed by atoms with van der Waals surface area (Å²) in [5.41, 5.74) is 2.86. The van der Waals surface area contributed by atoms with Crippen LogP contribution in [-0.2, 0) is 20.9 Å². The van der Waals surface area contributed by atoms with Crippen LogP contribution in [0.4, 0.5) is 0 Å². The zero-order valence-electron chi connectivity index (χ0n) is 17.7. The van der Waals surface area contributed by atoms with Crippen LogP contribution in [0.5, 0.6) is 17.2 Å². The second-order valence-electron chi connectivity index (χ2n) is 6.85. The van der Waals surface area contributed by atoms with E-state index in [9.17, 15) is 9.59 Å². The zero-order valence-corrected chi connectivity index (χ0v) is 17.7. The van der Waals surface area contributed by atoms with E-state index in [-0.39, 0.29) is 25.3 Å². The molecule has 1 aliphatic heterocycles. The molecule has 0 aromatic heterocycles. The minimum absolute atomic E-state index is 0.188. The van der Waals surface area contributed by atoms with Gasteiger partial charge in [-0.25, -0.2) is 9.59 Å². The van der Waals surface area contributed by atoms with Crippen molar-refractivity contribution in [3.8, 4) is 28.4 Å². The fourth-order valence-corrected chi connectivity index (χ4v) is 3.13. The van der Waals surface area contributed by atoms with E-state index < -0.39 is 5.97 Å². The van der Waals surface area contributed by atoms with E-state index in [4.69, 9.17) is 23.7 Å². The number of hydrogen-bond acceptors (Lipinski definition) is 7. The Kier molecular flexibility index (Phi) is 6.82. The lowest BCUT2D eigenvalue weighted by atomic mass is 9.99. The second kappa shape index (κ2) is 9.52. The number of fused-ring (bicyclic) bond motifs is 1. The molecule has 160 valence electrons. The number of esters is 2. The maximum atomic E-state index is 12.2. The van der Waals surface area contributed by atoms with E-state index in [1.807, 2.05) is 39.0 Å². The SMILES string of the molecule is CCOc1c(OC)ccc(-c2ccc3c(c2)COC3=O)c1OCC(=O)OC(C)CC. The third-order valence-electron chi connectivity index (χ3n) is 4.82. The molecule has 1 heterocycles. The van der Waals surface area contributed by atoms with Crippen LogP contribution in [-0.4, -0.2) is 38.4 Å². The van der Waals surface area contributed by atoms with E-state index in [0.29, 0.717) is 35.0 Å². The van der Waals surface area contributed by atoms with Crippen LogP contribution in [0, 0.1) is 0 Å². The lowest BCUT2D eigenvalue weighted by Crippen LogP contribution is -2.20. The zero-order chi connectivity index (χ0) is 21.7. The van der Waals surface area contributed by atoms with Gasteiger partial charge in [-0.05, 0) is 50.1 Å². The van der Waals surface area contributed by atoms with Gasteiger partial charge < -0.3 is 23.7 Å². The molecule has 0 saturated carbocycles. The Balaban J connectivity index is 1.99. The Labute approximate surface area is 175 Å². The monoisotopic (exact) mass is 414 g/mol. The molecule has 7 nitrogen and oxygen atoms in total. The van der Waals surface area contributed by atoms with Crippen molar-refractivity contribution in [1.82, 2.24) is 0 Å². The van der Waals surface area contributed by atoms with E-state index in [1.54, 1.807) is 12.1 Å². The molecule has 1 atom stereocenters. The maximum Gasteiger partial charge on any atom is 0.344 e. The summed E-state index contributed by atoms with van der Waals surface area (Å²) in [5, 5.41) is 0. The molecule has 3 rings (SSSR count). The van der Waals surface area contributed by atoms with Crippen molar-refractivity contribution >= 4 is 11.9 Å². The molecule has 0 bridgehead atoms. The molecule has 2 aromatic rings. The van der Waals surface area contributed by atoms with Crippen LogP contribution >= 0.6 is 0 Å². The summed E-state index contributed by atoms with van der Waals surface area (Å²) in [6, 6.07) is 9.02. The third-order valence-corrected chi connectivity index (χ3v) is 4.82. The predicted octanol–water partition coefficient (Wildman–Crippen LogP) is 4.15. The van der Waals surface area contributed by atoms with E-state index in [0.717, 1.165) is 17.5 Å². The largest absolute Gasteiger partial charge is 0.493 e. The number of cyclic esters (lactones) is 1. The summed E-state index contributed by atoms with van der Waals surface area (Å²) in [7, 11) is 1.54. The molecular formula is C23H26O7. The van der Waals surface area contributed by atoms with Gasteiger partial charge in [0.15, 0.2) is 18.1 Å². The molecule has 2 aromatic carbocycles. The number of carbonyl (C=O) groups excluding carboxylic acids is 2. The van der Waals surface area contributed by atoms with Crippen LogP contribution in [0.25, 0.3) is 11.1 Å². The summed E-state index contributed by atoms with van der Waals surface area (Å²) in [6.07, 6.45) is 0.530. The van der Waals surface area contributed by atoms with Crippen LogP contribution in [0.2, 0.25) is 0 Å². The number of hydrogen-bond donors (Lipinski definition) is 0. The number of benzene rings is 2. The number of rotatable bonds is 9. The Hall–Kier alpha value is -3.22. The fourth-order valence-electron chi connectivity index (χ4n) is 3.13. The Bertz CT molecular complexity index is 935. The quantitative estimate of drug-likeness (QED) is 0.570. The first-order valence-electron chi connectivity index (χ1n) is 9.94. The summed E-state index contributed by atoms with van der Waals surface area (Å²) in [6.45, 7) is 5.97. The van der Waals surface area contributed by atoms with Gasteiger partial charge in [0.1, 0.15) is 6.61 Å². The molecule has 0 radical (unpaired) electrons. The van der Waals surface area contributed by atoms with Gasteiger partial charge in [-0.1, -0.05) is 13.0 Å². The van der Waals surface area contributed by atoms with Crippen molar-refractivity contribution in [1.29, 1.82) is 0 Å². The highest BCUT2D eigenvalue weighted by Gasteiger charge is 2.24. The molecule has 0 fully saturated rings. The summed E-state index contributed by atoms with van der Waals surface area (Å²) in [4.78, 5) is 23.9. The van der Waals surface area contributed by atoms with Crippen molar-refractivity contribution in [2.75, 3.05) is 20.3 Å². The van der Waals surface area contributed by atoms with Crippen LogP contribution in [0.15, 0.2) is 30.3 Å². The molecule has 0 aliphatic carbocycles. The van der Waals surface area contributed by atoms with Gasteiger partial charge in [-0.3, -0.25) is 0 Å². The highest BCUT2D eigenvalue weighted by Crippen LogP contribution is 2.45. The molecule has 0 saturated heterocycles. The summed E-state index contributed by atoms with van der Waals surface area (Å²) in [5.74, 6) is 0.480. The fraction of sp³-hybridized carbons (Fsp3) is 0.391. The van der Waals surface area contributed by atoms with Gasteiger partial charge >= 0.3 is 11.9 Å². The van der Waals surface area contributed by atoms with Crippen molar-refractivity contribution in [2.24, 2.45) is 0 Å².